The van der Waals surface area contributed by atoms with E-state index < -0.39 is 94.3 Å². The molecule has 6 heterocycles. The second kappa shape index (κ2) is 16.9. The van der Waals surface area contributed by atoms with Crippen LogP contribution in [0.5, 0.6) is 11.5 Å². The van der Waals surface area contributed by atoms with Crippen molar-refractivity contribution in [1.82, 2.24) is 29.1 Å². The molecule has 3 fully saturated rings. The van der Waals surface area contributed by atoms with Crippen LogP contribution in [0.1, 0.15) is 28.4 Å². The number of nitrogens with two attached hydrogens (primary N) is 1. The van der Waals surface area contributed by atoms with E-state index in [1.54, 1.807) is 24.3 Å². The second-order valence-electron chi connectivity index (χ2n) is 13.3. The minimum atomic E-state index is -5.26. The number of alkyl halides is 2. The van der Waals surface area contributed by atoms with E-state index in [-0.39, 0.29) is 34.0 Å². The van der Waals surface area contributed by atoms with Crippen LogP contribution in [0.3, 0.4) is 0 Å². The van der Waals surface area contributed by atoms with Crippen molar-refractivity contribution in [3.8, 4) is 11.5 Å². The lowest BCUT2D eigenvalue weighted by atomic mass is 10.1. The number of halogens is 2. The summed E-state index contributed by atoms with van der Waals surface area (Å²) in [5, 5.41) is 0. The normalized spacial score (nSPS) is 30.8. The maximum absolute atomic E-state index is 16.4. The smallest absolute Gasteiger partial charge is 0.472 e. The summed E-state index contributed by atoms with van der Waals surface area (Å²) in [4.78, 5) is 62.2. The summed E-state index contributed by atoms with van der Waals surface area (Å²) in [6.45, 7) is -6.53. The third kappa shape index (κ3) is 8.66. The number of aromatic amines is 1. The van der Waals surface area contributed by atoms with Crippen molar-refractivity contribution in [2.24, 2.45) is 0 Å². The Morgan fingerprint density at radius 1 is 0.917 bits per heavy atom. The van der Waals surface area contributed by atoms with Gasteiger partial charge in [0.2, 0.25) is 0 Å². The Kier molecular flexibility index (Phi) is 11.8. The number of carbonyl (C=O) groups excluding carboxylic acids is 1. The largest absolute Gasteiger partial charge is 0.497 e. The van der Waals surface area contributed by atoms with E-state index in [1.807, 2.05) is 4.98 Å². The molecule has 8 rings (SSSR count). The summed E-state index contributed by atoms with van der Waals surface area (Å²) in [6.07, 6.45) is -11.9. The fraction of sp³-hybridized carbons (Fsp3) is 0.353. The summed E-state index contributed by atoms with van der Waals surface area (Å²) in [6, 6.07) is 13.3. The average Bonchev–Trinajstić information content (AvgIpc) is 3.89. The second-order valence-corrected chi connectivity index (χ2v) is 18.7. The Bertz CT molecular complexity index is 2600. The van der Waals surface area contributed by atoms with Gasteiger partial charge in [-0.15, -0.1) is 0 Å². The molecule has 3 aliphatic rings. The molecular formula is C34H33F2N7O14P2S. The number of aromatic nitrogens is 6. The Balaban J connectivity index is 1.08. The van der Waals surface area contributed by atoms with Crippen LogP contribution in [0.15, 0.2) is 83.0 Å². The summed E-state index contributed by atoms with van der Waals surface area (Å²) in [5.41, 5.74) is 4.97. The zero-order valence-corrected chi connectivity index (χ0v) is 33.4. The highest BCUT2D eigenvalue weighted by Crippen LogP contribution is 2.65. The molecule has 3 saturated heterocycles. The first-order valence-corrected chi connectivity index (χ1v) is 22.4. The maximum Gasteiger partial charge on any atom is 0.472 e. The highest BCUT2D eigenvalue weighted by atomic mass is 32.7. The highest BCUT2D eigenvalue weighted by Gasteiger charge is 2.55. The van der Waals surface area contributed by atoms with Crippen molar-refractivity contribution in [1.29, 1.82) is 0 Å². The number of benzene rings is 2. The minimum absolute atomic E-state index is 0.0210. The van der Waals surface area contributed by atoms with Crippen molar-refractivity contribution in [3.05, 3.63) is 105 Å². The van der Waals surface area contributed by atoms with Gasteiger partial charge in [-0.2, -0.15) is 0 Å². The number of phosphoric ester groups is 1. The van der Waals surface area contributed by atoms with Crippen molar-refractivity contribution < 1.29 is 64.6 Å². The van der Waals surface area contributed by atoms with E-state index in [1.165, 1.54) is 31.4 Å². The monoisotopic (exact) mass is 895 g/mol. The van der Waals surface area contributed by atoms with Gasteiger partial charge in [-0.05, 0) is 53.3 Å². The molecule has 60 heavy (non-hydrogen) atoms. The molecule has 318 valence electrons. The number of hydrogen-bond acceptors (Lipinski definition) is 18. The van der Waals surface area contributed by atoms with Crippen molar-refractivity contribution in [3.63, 3.8) is 0 Å². The predicted molar refractivity (Wildman–Crippen MR) is 203 cm³/mol. The molecule has 5 aromatic rings. The maximum atomic E-state index is 16.4. The van der Waals surface area contributed by atoms with Gasteiger partial charge in [0.1, 0.15) is 47.8 Å². The van der Waals surface area contributed by atoms with Crippen LogP contribution in [0.4, 0.5) is 14.6 Å². The Morgan fingerprint density at radius 2 is 1.63 bits per heavy atom. The van der Waals surface area contributed by atoms with E-state index in [0.29, 0.717) is 22.7 Å². The summed E-state index contributed by atoms with van der Waals surface area (Å²) >= 11 is 0.562. The number of esters is 1. The fourth-order valence-electron chi connectivity index (χ4n) is 6.49. The van der Waals surface area contributed by atoms with E-state index in [0.717, 1.165) is 34.1 Å². The average molecular weight is 896 g/mol. The van der Waals surface area contributed by atoms with Gasteiger partial charge in [-0.25, -0.2) is 42.5 Å². The molecule has 3 aliphatic heterocycles. The predicted octanol–water partition coefficient (Wildman–Crippen LogP) is 3.62. The molecule has 10 atom stereocenters. The quantitative estimate of drug-likeness (QED) is 0.114. The molecule has 1 unspecified atom stereocenters. The number of anilines is 1. The third-order valence-corrected chi connectivity index (χ3v) is 14.1. The van der Waals surface area contributed by atoms with Gasteiger partial charge in [0, 0.05) is 18.0 Å². The topological polar surface area (TPSA) is 270 Å². The first-order chi connectivity index (χ1) is 28.7. The van der Waals surface area contributed by atoms with Crippen molar-refractivity contribution in [2.45, 2.75) is 55.0 Å². The lowest BCUT2D eigenvalue weighted by molar-refractivity contribution is -0.0635. The van der Waals surface area contributed by atoms with Gasteiger partial charge in [-0.3, -0.25) is 37.0 Å². The SMILES string of the molecule is COc1ccc(C(=O)Oc2ccc(CS[P@]3(=O)OC[C@H]4O[C@@H](n5cnc6c(N)ncnc65)[C@H](F)[C@@H]4OP(=O)(O)OC[C@H]4O[C@@H](n5ccc(=O)[nH]c5=O)[C@H](O3)[C@@H]4F)cc2)cc1. The number of H-pyrrole nitrogens is 1. The lowest BCUT2D eigenvalue weighted by Gasteiger charge is -2.27. The van der Waals surface area contributed by atoms with Crippen molar-refractivity contribution in [2.75, 3.05) is 26.1 Å². The first kappa shape index (κ1) is 41.8. The Hall–Kier alpha value is -4.87. The molecule has 2 aromatic carbocycles. The Labute approximate surface area is 339 Å². The minimum Gasteiger partial charge on any atom is -0.497 e. The van der Waals surface area contributed by atoms with Crippen molar-refractivity contribution >= 4 is 49.0 Å². The molecule has 26 heteroatoms. The van der Waals surface area contributed by atoms with Crippen LogP contribution in [0.2, 0.25) is 0 Å². The van der Waals surface area contributed by atoms with E-state index >= 15 is 8.78 Å². The molecule has 0 spiro atoms. The number of methoxy groups -OCH3 is 1. The number of nitrogens with zero attached hydrogens (tertiary/aromatic N) is 5. The van der Waals surface area contributed by atoms with Gasteiger partial charge in [0.05, 0.1) is 32.2 Å². The van der Waals surface area contributed by atoms with Gasteiger partial charge in [0.15, 0.2) is 36.3 Å². The van der Waals surface area contributed by atoms with Crippen LogP contribution in [-0.4, -0.2) is 97.0 Å². The van der Waals surface area contributed by atoms with Crippen LogP contribution in [-0.2, 0) is 42.5 Å². The van der Waals surface area contributed by atoms with E-state index in [4.69, 9.17) is 42.8 Å². The number of ether oxygens (including phenoxy) is 4. The van der Waals surface area contributed by atoms with E-state index in [9.17, 15) is 28.4 Å². The first-order valence-electron chi connectivity index (χ1n) is 17.7. The fourth-order valence-corrected chi connectivity index (χ4v) is 10.8. The molecule has 3 aromatic heterocycles. The van der Waals surface area contributed by atoms with E-state index in [2.05, 4.69) is 15.0 Å². The molecule has 21 nitrogen and oxygen atoms in total. The van der Waals surface area contributed by atoms with Gasteiger partial charge in [0.25, 0.3) is 5.56 Å². The third-order valence-electron chi connectivity index (χ3n) is 9.47. The zero-order valence-electron chi connectivity index (χ0n) is 30.8. The number of imidazole rings is 1. The molecule has 0 aliphatic carbocycles. The van der Waals surface area contributed by atoms with Gasteiger partial charge >= 0.3 is 26.3 Å². The van der Waals surface area contributed by atoms with Crippen LogP contribution in [0.25, 0.3) is 11.2 Å². The van der Waals surface area contributed by atoms with Crippen LogP contribution < -0.4 is 26.5 Å². The number of hydrogen-bond donors (Lipinski definition) is 3. The number of rotatable bonds is 8. The summed E-state index contributed by atoms with van der Waals surface area (Å²) < 4.78 is 107. The molecule has 2 bridgehead atoms. The molecular weight excluding hydrogens is 862 g/mol. The van der Waals surface area contributed by atoms with Gasteiger partial charge in [-0.1, -0.05) is 12.1 Å². The molecule has 0 amide bonds. The highest BCUT2D eigenvalue weighted by molar-refractivity contribution is 8.54. The summed E-state index contributed by atoms with van der Waals surface area (Å²) in [5.74, 6) is -0.0718. The summed E-state index contributed by atoms with van der Waals surface area (Å²) in [7, 11) is -3.77. The van der Waals surface area contributed by atoms with Gasteiger partial charge < -0.3 is 29.6 Å². The van der Waals surface area contributed by atoms with Crippen LogP contribution in [0, 0.1) is 0 Å². The number of carbonyl (C=O) groups is 1. The Morgan fingerprint density at radius 3 is 2.37 bits per heavy atom. The molecule has 0 saturated carbocycles. The zero-order chi connectivity index (χ0) is 42.3. The number of nitrogen functional groups attached to an aromatic ring is 1. The number of nitrogens with one attached hydrogen (secondary N) is 1. The standard InChI is InChI=1S/C34H33F2N7O14P2S/c1-50-19-8-4-18(5-9-19)33(45)53-20-6-2-17(3-7-20)14-60-59(49)52-13-22-27(25(36)31(55-22)43-16-40-26-29(37)38-15-39-30(26)43)56-58(47,48)51-12-21-24(35)28(57-59)32(54-21)42-11-10-23(44)41-34(42)46/h2-11,15-16,21-22,24-25,27-28,31-32H,12-14H2,1H3,(H,47,48)(H2,37,38,39)(H,41,44,46)/t21-,22-,24-,25-,27-,28-,31-,32-,59-/m1/s1. The number of phosphoric acid groups is 1. The number of fused-ring (bicyclic) bond motifs is 4. The van der Waals surface area contributed by atoms with Crippen LogP contribution >= 0.6 is 26.0 Å². The lowest BCUT2D eigenvalue weighted by Crippen LogP contribution is -2.37. The molecule has 4 N–H and O–H groups in total. The molecule has 0 radical (unpaired) electrons.